The van der Waals surface area contributed by atoms with E-state index in [4.69, 9.17) is 12.2 Å². The maximum absolute atomic E-state index is 5.46. The summed E-state index contributed by atoms with van der Waals surface area (Å²) in [5, 5.41) is 10.8. The van der Waals surface area contributed by atoms with Crippen LogP contribution in [0, 0.1) is 0 Å². The number of rotatable bonds is 2. The van der Waals surface area contributed by atoms with Crippen LogP contribution in [0.5, 0.6) is 0 Å². The molecule has 3 nitrogen and oxygen atoms in total. The predicted octanol–water partition coefficient (Wildman–Crippen LogP) is 2.91. The third kappa shape index (κ3) is 2.95. The van der Waals surface area contributed by atoms with Crippen LogP contribution < -0.4 is 5.32 Å². The van der Waals surface area contributed by atoms with E-state index in [1.54, 1.807) is 0 Å². The summed E-state index contributed by atoms with van der Waals surface area (Å²) in [6, 6.07) is 10.9. The molecule has 0 aromatic heterocycles. The maximum atomic E-state index is 5.46. The Bertz CT molecular complexity index is 477. The third-order valence-electron chi connectivity index (χ3n) is 3.83. The van der Waals surface area contributed by atoms with Crippen molar-refractivity contribution in [3.8, 4) is 0 Å². The molecule has 0 amide bonds. The van der Waals surface area contributed by atoms with E-state index in [-0.39, 0.29) is 0 Å². The zero-order valence-corrected chi connectivity index (χ0v) is 11.8. The van der Waals surface area contributed by atoms with Gasteiger partial charge in [0, 0.05) is 19.0 Å². The Labute approximate surface area is 119 Å². The monoisotopic (exact) mass is 273 g/mol. The Morgan fingerprint density at radius 3 is 2.68 bits per heavy atom. The van der Waals surface area contributed by atoms with Gasteiger partial charge in [-0.25, -0.2) is 5.01 Å². The van der Waals surface area contributed by atoms with Crippen LogP contribution in [-0.2, 0) is 0 Å². The predicted molar refractivity (Wildman–Crippen MR) is 82.3 cm³/mol. The number of thiocarbonyl (C=S) groups is 1. The van der Waals surface area contributed by atoms with Crippen molar-refractivity contribution in [2.24, 2.45) is 5.10 Å². The Morgan fingerprint density at radius 2 is 1.95 bits per heavy atom. The van der Waals surface area contributed by atoms with Crippen molar-refractivity contribution in [3.63, 3.8) is 0 Å². The van der Waals surface area contributed by atoms with Crippen LogP contribution in [0.3, 0.4) is 0 Å². The average Bonchev–Trinajstić information content (AvgIpc) is 3.10. The van der Waals surface area contributed by atoms with Gasteiger partial charge in [-0.2, -0.15) is 5.10 Å². The molecule has 3 rings (SSSR count). The normalized spacial score (nSPS) is 19.6. The Hall–Kier alpha value is -1.42. The molecule has 0 bridgehead atoms. The van der Waals surface area contributed by atoms with Gasteiger partial charge in [0.1, 0.15) is 0 Å². The smallest absolute Gasteiger partial charge is 0.189 e. The fourth-order valence-electron chi connectivity index (χ4n) is 2.76. The van der Waals surface area contributed by atoms with E-state index < -0.39 is 0 Å². The lowest BCUT2D eigenvalue weighted by Crippen LogP contribution is -2.40. The fraction of sp³-hybridized carbons (Fsp3) is 0.467. The van der Waals surface area contributed by atoms with Gasteiger partial charge >= 0.3 is 0 Å². The molecule has 1 saturated carbocycles. The van der Waals surface area contributed by atoms with Crippen molar-refractivity contribution < 1.29 is 0 Å². The molecule has 1 aromatic carbocycles. The first-order chi connectivity index (χ1) is 9.33. The molecule has 100 valence electrons. The lowest BCUT2D eigenvalue weighted by atomic mass is 10.1. The number of nitrogens with one attached hydrogen (secondary N) is 1. The van der Waals surface area contributed by atoms with E-state index in [1.807, 2.05) is 11.1 Å². The highest BCUT2D eigenvalue weighted by Crippen LogP contribution is 2.19. The second kappa shape index (κ2) is 5.70. The van der Waals surface area contributed by atoms with Crippen molar-refractivity contribution in [1.82, 2.24) is 10.3 Å². The van der Waals surface area contributed by atoms with E-state index in [2.05, 4.69) is 34.7 Å². The molecule has 0 atom stereocenters. The number of hydrogen-bond donors (Lipinski definition) is 1. The minimum absolute atomic E-state index is 0.559. The summed E-state index contributed by atoms with van der Waals surface area (Å²) >= 11 is 5.46. The first kappa shape index (κ1) is 12.6. The van der Waals surface area contributed by atoms with E-state index in [1.165, 1.54) is 31.2 Å². The molecular formula is C15H19N3S. The van der Waals surface area contributed by atoms with Gasteiger partial charge in [-0.1, -0.05) is 43.2 Å². The topological polar surface area (TPSA) is 27.6 Å². The molecular weight excluding hydrogens is 254 g/mol. The van der Waals surface area contributed by atoms with Gasteiger partial charge in [-0.05, 0) is 30.6 Å². The molecule has 1 aliphatic carbocycles. The summed E-state index contributed by atoms with van der Waals surface area (Å²) < 4.78 is 0. The standard InChI is InChI=1S/C15H19N3S/c19-15(16-13-8-4-5-9-13)18-11-10-14(17-18)12-6-2-1-3-7-12/h1-3,6-7,13H,4-5,8-11H2,(H,16,19). The maximum Gasteiger partial charge on any atom is 0.189 e. The lowest BCUT2D eigenvalue weighted by Gasteiger charge is -2.20. The van der Waals surface area contributed by atoms with Crippen molar-refractivity contribution in [2.45, 2.75) is 38.1 Å². The van der Waals surface area contributed by atoms with Crippen LogP contribution in [0.15, 0.2) is 35.4 Å². The van der Waals surface area contributed by atoms with E-state index in [9.17, 15) is 0 Å². The molecule has 2 aliphatic rings. The molecule has 0 spiro atoms. The largest absolute Gasteiger partial charge is 0.358 e. The van der Waals surface area contributed by atoms with E-state index >= 15 is 0 Å². The Kier molecular flexibility index (Phi) is 3.78. The molecule has 0 saturated heterocycles. The number of benzene rings is 1. The van der Waals surface area contributed by atoms with Crippen LogP contribution in [0.2, 0.25) is 0 Å². The average molecular weight is 273 g/mol. The van der Waals surface area contributed by atoms with Crippen molar-refractivity contribution in [2.75, 3.05) is 6.54 Å². The minimum Gasteiger partial charge on any atom is -0.358 e. The molecule has 19 heavy (non-hydrogen) atoms. The molecule has 1 aromatic rings. The van der Waals surface area contributed by atoms with Crippen LogP contribution in [0.25, 0.3) is 0 Å². The number of hydrazone groups is 1. The summed E-state index contributed by atoms with van der Waals surface area (Å²) in [7, 11) is 0. The van der Waals surface area contributed by atoms with Gasteiger partial charge in [0.25, 0.3) is 0 Å². The highest BCUT2D eigenvalue weighted by molar-refractivity contribution is 7.80. The third-order valence-corrected chi connectivity index (χ3v) is 4.15. The summed E-state index contributed by atoms with van der Waals surface area (Å²) in [6.07, 6.45) is 6.08. The molecule has 1 aliphatic heterocycles. The quantitative estimate of drug-likeness (QED) is 0.840. The summed E-state index contributed by atoms with van der Waals surface area (Å²) in [5.41, 5.74) is 2.34. The molecule has 0 radical (unpaired) electrons. The van der Waals surface area contributed by atoms with Crippen LogP contribution in [0.1, 0.15) is 37.7 Å². The Morgan fingerprint density at radius 1 is 1.21 bits per heavy atom. The molecule has 1 heterocycles. The zero-order chi connectivity index (χ0) is 13.1. The van der Waals surface area contributed by atoms with Gasteiger partial charge in [0.2, 0.25) is 0 Å². The van der Waals surface area contributed by atoms with Crippen LogP contribution in [0.4, 0.5) is 0 Å². The van der Waals surface area contributed by atoms with Gasteiger partial charge in [-0.15, -0.1) is 0 Å². The van der Waals surface area contributed by atoms with Crippen molar-refractivity contribution in [3.05, 3.63) is 35.9 Å². The molecule has 1 N–H and O–H groups in total. The highest BCUT2D eigenvalue weighted by Gasteiger charge is 2.22. The van der Waals surface area contributed by atoms with E-state index in [0.717, 1.165) is 23.8 Å². The van der Waals surface area contributed by atoms with Crippen LogP contribution >= 0.6 is 12.2 Å². The zero-order valence-electron chi connectivity index (χ0n) is 11.0. The molecule has 4 heteroatoms. The van der Waals surface area contributed by atoms with E-state index in [0.29, 0.717) is 6.04 Å². The highest BCUT2D eigenvalue weighted by atomic mass is 32.1. The first-order valence-electron chi connectivity index (χ1n) is 7.04. The van der Waals surface area contributed by atoms with Crippen LogP contribution in [-0.4, -0.2) is 28.4 Å². The molecule has 0 unspecified atom stereocenters. The second-order valence-electron chi connectivity index (χ2n) is 5.22. The Balaban J connectivity index is 1.63. The SMILES string of the molecule is S=C(NC1CCCC1)N1CCC(c2ccccc2)=N1. The van der Waals surface area contributed by atoms with Crippen molar-refractivity contribution >= 4 is 23.0 Å². The summed E-state index contributed by atoms with van der Waals surface area (Å²) in [6.45, 7) is 0.892. The number of nitrogens with zero attached hydrogens (tertiary/aromatic N) is 2. The summed E-state index contributed by atoms with van der Waals surface area (Å²) in [4.78, 5) is 0. The van der Waals surface area contributed by atoms with Gasteiger partial charge in [0.05, 0.1) is 5.71 Å². The molecule has 1 fully saturated rings. The van der Waals surface area contributed by atoms with Gasteiger partial charge in [0.15, 0.2) is 5.11 Å². The van der Waals surface area contributed by atoms with Gasteiger partial charge in [-0.3, -0.25) is 0 Å². The lowest BCUT2D eigenvalue weighted by molar-refractivity contribution is 0.463. The minimum atomic E-state index is 0.559. The van der Waals surface area contributed by atoms with Gasteiger partial charge < -0.3 is 5.32 Å². The first-order valence-corrected chi connectivity index (χ1v) is 7.45. The van der Waals surface area contributed by atoms with Crippen molar-refractivity contribution in [1.29, 1.82) is 0 Å². The fourth-order valence-corrected chi connectivity index (χ4v) is 3.06. The summed E-state index contributed by atoms with van der Waals surface area (Å²) in [5.74, 6) is 0. The number of hydrogen-bond acceptors (Lipinski definition) is 2. The second-order valence-corrected chi connectivity index (χ2v) is 5.60.